The maximum atomic E-state index is 14.6. The monoisotopic (exact) mass is 524 g/mol. The molecule has 5 nitrogen and oxygen atoms in total. The number of anilines is 2. The summed E-state index contributed by atoms with van der Waals surface area (Å²) in [5.74, 6) is -1.50. The van der Waals surface area contributed by atoms with Crippen LogP contribution in [-0.2, 0) is 15.0 Å². The zero-order chi connectivity index (χ0) is 27.0. The number of carbonyl (C=O) groups excluding carboxylic acids is 3. The van der Waals surface area contributed by atoms with Crippen LogP contribution in [-0.4, -0.2) is 29.6 Å². The number of amides is 1. The van der Waals surface area contributed by atoms with Crippen LogP contribution in [0.15, 0.2) is 72.8 Å². The normalized spacial score (nSPS) is 25.1. The van der Waals surface area contributed by atoms with Crippen molar-refractivity contribution in [2.45, 2.75) is 45.2 Å². The minimum Gasteiger partial charge on any atom is -0.352 e. The molecule has 4 atom stereocenters. The molecule has 3 aromatic carbocycles. The standard InChI is InChI=1S/C32H29ClN2O3/c1-18-9-11-19(12-10-18)28(36)26-27(29(37)31(2,3)4)35-24-15-14-21(33)17-20(24)13-16-25(35)32(26)22-7-5-6-8-23(22)34-30(32)38/h5-17,25-27H,1-4H3,(H,34,38)/t25-,26+,27+,32-/m1/s1. The van der Waals surface area contributed by atoms with Gasteiger partial charge in [-0.3, -0.25) is 14.4 Å². The first-order valence-electron chi connectivity index (χ1n) is 12.9. The molecule has 1 amide bonds. The third kappa shape index (κ3) is 3.34. The Bertz CT molecular complexity index is 1530. The molecule has 1 fully saturated rings. The van der Waals surface area contributed by atoms with E-state index in [1.54, 1.807) is 18.2 Å². The van der Waals surface area contributed by atoms with Crippen LogP contribution in [0.3, 0.4) is 0 Å². The summed E-state index contributed by atoms with van der Waals surface area (Å²) in [6.45, 7) is 7.57. The topological polar surface area (TPSA) is 66.5 Å². The molecule has 0 bridgehead atoms. The Morgan fingerprint density at radius 1 is 1.00 bits per heavy atom. The number of Topliss-reactive ketones (excluding diaryl/α,β-unsaturated/α-hetero) is 2. The van der Waals surface area contributed by atoms with Crippen molar-refractivity contribution in [1.29, 1.82) is 0 Å². The Labute approximate surface area is 227 Å². The number of rotatable bonds is 3. The molecule has 192 valence electrons. The molecular weight excluding hydrogens is 496 g/mol. The number of benzene rings is 3. The number of halogens is 1. The van der Waals surface area contributed by atoms with E-state index in [-0.39, 0.29) is 17.5 Å². The lowest BCUT2D eigenvalue weighted by molar-refractivity contribution is -0.128. The second kappa shape index (κ2) is 8.40. The molecule has 6 rings (SSSR count). The van der Waals surface area contributed by atoms with Crippen molar-refractivity contribution < 1.29 is 14.4 Å². The summed E-state index contributed by atoms with van der Waals surface area (Å²) in [5.41, 5.74) is 2.54. The maximum Gasteiger partial charge on any atom is 0.238 e. The minimum absolute atomic E-state index is 0.0850. The number of hydrogen-bond acceptors (Lipinski definition) is 4. The highest BCUT2D eigenvalue weighted by molar-refractivity contribution is 6.31. The van der Waals surface area contributed by atoms with E-state index >= 15 is 0 Å². The third-order valence-corrected chi connectivity index (χ3v) is 8.46. The van der Waals surface area contributed by atoms with Crippen molar-refractivity contribution in [3.05, 3.63) is 100 Å². The van der Waals surface area contributed by atoms with Gasteiger partial charge in [0.2, 0.25) is 5.91 Å². The highest BCUT2D eigenvalue weighted by Crippen LogP contribution is 2.58. The Kier molecular flexibility index (Phi) is 5.45. The van der Waals surface area contributed by atoms with Gasteiger partial charge in [-0.2, -0.15) is 0 Å². The van der Waals surface area contributed by atoms with Crippen LogP contribution < -0.4 is 10.2 Å². The first-order valence-corrected chi connectivity index (χ1v) is 13.2. The van der Waals surface area contributed by atoms with Crippen molar-refractivity contribution in [3.8, 4) is 0 Å². The van der Waals surface area contributed by atoms with E-state index in [4.69, 9.17) is 11.6 Å². The number of fused-ring (bicyclic) bond motifs is 6. The van der Waals surface area contributed by atoms with Gasteiger partial charge in [0.15, 0.2) is 11.6 Å². The van der Waals surface area contributed by atoms with Crippen molar-refractivity contribution in [3.63, 3.8) is 0 Å². The molecule has 6 heteroatoms. The van der Waals surface area contributed by atoms with Gasteiger partial charge < -0.3 is 10.2 Å². The van der Waals surface area contributed by atoms with Crippen LogP contribution in [0.2, 0.25) is 5.02 Å². The van der Waals surface area contributed by atoms with Crippen LogP contribution in [0.1, 0.15) is 47.8 Å². The van der Waals surface area contributed by atoms with Crippen LogP contribution in [0, 0.1) is 18.3 Å². The average Bonchev–Trinajstić information content (AvgIpc) is 3.35. The molecule has 3 aromatic rings. The van der Waals surface area contributed by atoms with E-state index in [0.717, 1.165) is 22.4 Å². The third-order valence-electron chi connectivity index (χ3n) is 8.22. The molecule has 3 aliphatic heterocycles. The predicted molar refractivity (Wildman–Crippen MR) is 151 cm³/mol. The van der Waals surface area contributed by atoms with Gasteiger partial charge in [0.1, 0.15) is 11.5 Å². The Morgan fingerprint density at radius 2 is 1.71 bits per heavy atom. The number of hydrogen-bond donors (Lipinski definition) is 1. The van der Waals surface area contributed by atoms with Crippen molar-refractivity contribution >= 4 is 46.5 Å². The smallest absolute Gasteiger partial charge is 0.238 e. The van der Waals surface area contributed by atoms with Gasteiger partial charge in [-0.1, -0.05) is 92.6 Å². The molecule has 1 saturated heterocycles. The number of nitrogens with one attached hydrogen (secondary N) is 1. The van der Waals surface area contributed by atoms with E-state index in [1.165, 1.54) is 0 Å². The number of carbonyl (C=O) groups is 3. The summed E-state index contributed by atoms with van der Waals surface area (Å²) >= 11 is 6.34. The molecule has 0 radical (unpaired) electrons. The maximum absolute atomic E-state index is 14.6. The summed E-state index contributed by atoms with van der Waals surface area (Å²) < 4.78 is 0. The zero-order valence-electron chi connectivity index (χ0n) is 21.8. The quantitative estimate of drug-likeness (QED) is 0.412. The van der Waals surface area contributed by atoms with Crippen molar-refractivity contribution in [2.24, 2.45) is 11.3 Å². The highest BCUT2D eigenvalue weighted by Gasteiger charge is 2.70. The van der Waals surface area contributed by atoms with Gasteiger partial charge in [-0.15, -0.1) is 0 Å². The Hall–Kier alpha value is -3.70. The van der Waals surface area contributed by atoms with Gasteiger partial charge >= 0.3 is 0 Å². The molecule has 1 N–H and O–H groups in total. The zero-order valence-corrected chi connectivity index (χ0v) is 22.5. The van der Waals surface area contributed by atoms with E-state index < -0.39 is 28.8 Å². The molecule has 0 saturated carbocycles. The van der Waals surface area contributed by atoms with E-state index in [0.29, 0.717) is 16.3 Å². The van der Waals surface area contributed by atoms with Crippen LogP contribution in [0.4, 0.5) is 11.4 Å². The van der Waals surface area contributed by atoms with Crippen LogP contribution >= 0.6 is 11.6 Å². The van der Waals surface area contributed by atoms with Crippen molar-refractivity contribution in [2.75, 3.05) is 10.2 Å². The Balaban J connectivity index is 1.68. The molecule has 3 heterocycles. The molecule has 38 heavy (non-hydrogen) atoms. The predicted octanol–water partition coefficient (Wildman–Crippen LogP) is 6.24. The lowest BCUT2D eigenvalue weighted by Crippen LogP contribution is -2.51. The van der Waals surface area contributed by atoms with E-state index in [9.17, 15) is 14.4 Å². The molecule has 1 spiro atoms. The van der Waals surface area contributed by atoms with E-state index in [2.05, 4.69) is 5.32 Å². The fraction of sp³-hybridized carbons (Fsp3) is 0.281. The summed E-state index contributed by atoms with van der Waals surface area (Å²) in [6.07, 6.45) is 3.92. The summed E-state index contributed by atoms with van der Waals surface area (Å²) in [6, 6.07) is 19.0. The fourth-order valence-electron chi connectivity index (χ4n) is 6.49. The molecule has 0 aromatic heterocycles. The number of aryl methyl sites for hydroxylation is 1. The SMILES string of the molecule is Cc1ccc(C(=O)[C@@H]2[C@@H](C(=O)C(C)(C)C)N3c4ccc(Cl)cc4C=C[C@@H]3[C@@]23C(=O)Nc2ccccc23)cc1. The molecule has 0 aliphatic carbocycles. The molecular formula is C32H29ClN2O3. The van der Waals surface area contributed by atoms with Gasteiger partial charge in [-0.05, 0) is 42.3 Å². The largest absolute Gasteiger partial charge is 0.352 e. The van der Waals surface area contributed by atoms with Gasteiger partial charge in [-0.25, -0.2) is 0 Å². The van der Waals surface area contributed by atoms with Crippen molar-refractivity contribution in [1.82, 2.24) is 0 Å². The number of nitrogens with zero attached hydrogens (tertiary/aromatic N) is 1. The fourth-order valence-corrected chi connectivity index (χ4v) is 6.67. The summed E-state index contributed by atoms with van der Waals surface area (Å²) in [5, 5.41) is 3.64. The highest BCUT2D eigenvalue weighted by atomic mass is 35.5. The Morgan fingerprint density at radius 3 is 2.42 bits per heavy atom. The lowest BCUT2D eigenvalue weighted by Gasteiger charge is -2.38. The van der Waals surface area contributed by atoms with Gasteiger partial charge in [0.05, 0.1) is 12.0 Å². The molecule has 3 aliphatic rings. The first kappa shape index (κ1) is 24.6. The second-order valence-electron chi connectivity index (χ2n) is 11.6. The number of para-hydroxylation sites is 1. The van der Waals surface area contributed by atoms with Gasteiger partial charge in [0.25, 0.3) is 0 Å². The summed E-state index contributed by atoms with van der Waals surface area (Å²) in [4.78, 5) is 45.3. The second-order valence-corrected chi connectivity index (χ2v) is 12.0. The minimum atomic E-state index is -1.29. The number of ketones is 2. The summed E-state index contributed by atoms with van der Waals surface area (Å²) in [7, 11) is 0. The molecule has 0 unspecified atom stereocenters. The van der Waals surface area contributed by atoms with Gasteiger partial charge in [0, 0.05) is 27.4 Å². The van der Waals surface area contributed by atoms with E-state index in [1.807, 2.05) is 93.3 Å². The first-order chi connectivity index (χ1) is 18.0. The van der Waals surface area contributed by atoms with Crippen LogP contribution in [0.5, 0.6) is 0 Å². The average molecular weight is 525 g/mol. The van der Waals surface area contributed by atoms with Crippen LogP contribution in [0.25, 0.3) is 6.08 Å². The lowest BCUT2D eigenvalue weighted by atomic mass is 9.63.